The number of amides is 1. The molecule has 1 aromatic rings. The van der Waals surface area contributed by atoms with Gasteiger partial charge in [0.15, 0.2) is 0 Å². The fourth-order valence-corrected chi connectivity index (χ4v) is 1.29. The number of aromatic amines is 1. The quantitative estimate of drug-likeness (QED) is 0.739. The maximum absolute atomic E-state index is 11.4. The zero-order valence-corrected chi connectivity index (χ0v) is 9.67. The Morgan fingerprint density at radius 3 is 2.93 bits per heavy atom. The number of aliphatic hydroxyl groups excluding tert-OH is 1. The average molecular weight is 275 g/mol. The first-order valence-electron chi connectivity index (χ1n) is 4.35. The Labute approximate surface area is 94.6 Å². The van der Waals surface area contributed by atoms with E-state index in [1.165, 1.54) is 12.3 Å². The number of hydrogen-bond acceptors (Lipinski definition) is 3. The third kappa shape index (κ3) is 3.49. The zero-order chi connectivity index (χ0) is 11.4. The topological polar surface area (TPSA) is 82.2 Å². The minimum atomic E-state index is -0.597. The molecule has 5 nitrogen and oxygen atoms in total. The summed E-state index contributed by atoms with van der Waals surface area (Å²) in [6.07, 6.45) is 0.727. The molecule has 0 fully saturated rings. The van der Waals surface area contributed by atoms with E-state index in [0.717, 1.165) is 0 Å². The maximum atomic E-state index is 11.4. The van der Waals surface area contributed by atoms with Gasteiger partial charge in [0.25, 0.3) is 11.5 Å². The Morgan fingerprint density at radius 1 is 1.73 bits per heavy atom. The molecular formula is C9H11BrN2O3. The van der Waals surface area contributed by atoms with Crippen molar-refractivity contribution in [3.8, 4) is 0 Å². The summed E-state index contributed by atoms with van der Waals surface area (Å²) >= 11 is 3.02. The highest BCUT2D eigenvalue weighted by Gasteiger charge is 2.07. The van der Waals surface area contributed by atoms with Crippen molar-refractivity contribution < 1.29 is 9.90 Å². The third-order valence-corrected chi connectivity index (χ3v) is 2.27. The predicted molar refractivity (Wildman–Crippen MR) is 58.8 cm³/mol. The molecular weight excluding hydrogens is 264 g/mol. The second-order valence-electron chi connectivity index (χ2n) is 3.12. The molecule has 15 heavy (non-hydrogen) atoms. The van der Waals surface area contributed by atoms with Crippen LogP contribution in [-0.4, -0.2) is 28.6 Å². The van der Waals surface area contributed by atoms with Crippen molar-refractivity contribution in [1.29, 1.82) is 0 Å². The van der Waals surface area contributed by atoms with Crippen LogP contribution >= 0.6 is 15.9 Å². The van der Waals surface area contributed by atoms with Crippen LogP contribution < -0.4 is 10.9 Å². The van der Waals surface area contributed by atoms with Crippen molar-refractivity contribution in [3.63, 3.8) is 0 Å². The van der Waals surface area contributed by atoms with Gasteiger partial charge in [-0.05, 0) is 28.9 Å². The van der Waals surface area contributed by atoms with Gasteiger partial charge in [-0.25, -0.2) is 0 Å². The Hall–Kier alpha value is -1.14. The summed E-state index contributed by atoms with van der Waals surface area (Å²) in [4.78, 5) is 24.8. The van der Waals surface area contributed by atoms with E-state index < -0.39 is 6.10 Å². The summed E-state index contributed by atoms with van der Waals surface area (Å²) in [6, 6.07) is 1.43. The predicted octanol–water partition coefficient (Wildman–Crippen LogP) is 0.248. The number of aromatic nitrogens is 1. The molecule has 82 valence electrons. The highest BCUT2D eigenvalue weighted by molar-refractivity contribution is 9.10. The second kappa shape index (κ2) is 5.09. The van der Waals surface area contributed by atoms with Crippen LogP contribution in [0.1, 0.15) is 17.3 Å². The van der Waals surface area contributed by atoms with Crippen LogP contribution in [0, 0.1) is 0 Å². The number of carbonyl (C=O) groups excluding carboxylic acids is 1. The van der Waals surface area contributed by atoms with E-state index in [1.54, 1.807) is 6.92 Å². The molecule has 1 atom stereocenters. The normalized spacial score (nSPS) is 12.2. The number of hydrogen-bond donors (Lipinski definition) is 3. The summed E-state index contributed by atoms with van der Waals surface area (Å²) in [7, 11) is 0. The van der Waals surface area contributed by atoms with Gasteiger partial charge in [-0.2, -0.15) is 0 Å². The van der Waals surface area contributed by atoms with E-state index in [-0.39, 0.29) is 18.0 Å². The van der Waals surface area contributed by atoms with Crippen LogP contribution in [0.3, 0.4) is 0 Å². The monoisotopic (exact) mass is 274 g/mol. The van der Waals surface area contributed by atoms with Gasteiger partial charge in [-0.3, -0.25) is 9.59 Å². The molecule has 6 heteroatoms. The molecule has 0 aromatic carbocycles. The van der Waals surface area contributed by atoms with Crippen LogP contribution in [0.25, 0.3) is 0 Å². The molecule has 0 radical (unpaired) electrons. The first-order chi connectivity index (χ1) is 7.00. The molecule has 0 aliphatic carbocycles. The number of rotatable bonds is 3. The van der Waals surface area contributed by atoms with Gasteiger partial charge >= 0.3 is 0 Å². The van der Waals surface area contributed by atoms with Gasteiger partial charge in [0, 0.05) is 12.7 Å². The van der Waals surface area contributed by atoms with E-state index in [4.69, 9.17) is 5.11 Å². The second-order valence-corrected chi connectivity index (χ2v) is 3.98. The number of carbonyl (C=O) groups is 1. The summed E-state index contributed by atoms with van der Waals surface area (Å²) < 4.78 is 0.298. The molecule has 1 heterocycles. The van der Waals surface area contributed by atoms with Gasteiger partial charge < -0.3 is 15.4 Å². The molecule has 0 saturated heterocycles. The van der Waals surface area contributed by atoms with Gasteiger partial charge in [0.05, 0.1) is 16.1 Å². The highest BCUT2D eigenvalue weighted by Crippen LogP contribution is 2.04. The standard InChI is InChI=1S/C9H11BrN2O3/c1-5(13)3-11-8(14)6-2-7(10)9(15)12-4-6/h2,4-5,13H,3H2,1H3,(H,11,14)(H,12,15)/t5-/m0/s1. The first-order valence-corrected chi connectivity index (χ1v) is 5.14. The SMILES string of the molecule is C[C@H](O)CNC(=O)c1c[nH]c(=O)c(Br)c1. The lowest BCUT2D eigenvalue weighted by molar-refractivity contribution is 0.0923. The van der Waals surface area contributed by atoms with Gasteiger partial charge in [0.2, 0.25) is 0 Å². The van der Waals surface area contributed by atoms with Crippen LogP contribution in [0.5, 0.6) is 0 Å². The number of aliphatic hydroxyl groups is 1. The fourth-order valence-electron chi connectivity index (χ4n) is 0.930. The van der Waals surface area contributed by atoms with Gasteiger partial charge in [-0.15, -0.1) is 0 Å². The fraction of sp³-hybridized carbons (Fsp3) is 0.333. The summed E-state index contributed by atoms with van der Waals surface area (Å²) in [5.74, 6) is -0.340. The van der Waals surface area contributed by atoms with Crippen LogP contribution in [-0.2, 0) is 0 Å². The van der Waals surface area contributed by atoms with E-state index in [1.807, 2.05) is 0 Å². The highest BCUT2D eigenvalue weighted by atomic mass is 79.9. The Kier molecular flexibility index (Phi) is 4.05. The Balaban J connectivity index is 2.74. The minimum absolute atomic E-state index is 0.176. The molecule has 0 unspecified atom stereocenters. The lowest BCUT2D eigenvalue weighted by Gasteiger charge is -2.06. The molecule has 0 aliphatic heterocycles. The van der Waals surface area contributed by atoms with Crippen LogP contribution in [0.15, 0.2) is 21.5 Å². The number of H-pyrrole nitrogens is 1. The Bertz CT molecular complexity index is 414. The van der Waals surface area contributed by atoms with Crippen molar-refractivity contribution >= 4 is 21.8 Å². The van der Waals surface area contributed by atoms with Crippen molar-refractivity contribution in [1.82, 2.24) is 10.3 Å². The Morgan fingerprint density at radius 2 is 2.40 bits per heavy atom. The van der Waals surface area contributed by atoms with Crippen molar-refractivity contribution in [2.75, 3.05) is 6.54 Å². The van der Waals surface area contributed by atoms with Crippen molar-refractivity contribution in [2.45, 2.75) is 13.0 Å². The summed E-state index contributed by atoms with van der Waals surface area (Å²) in [6.45, 7) is 1.75. The maximum Gasteiger partial charge on any atom is 0.262 e. The van der Waals surface area contributed by atoms with E-state index in [9.17, 15) is 9.59 Å². The van der Waals surface area contributed by atoms with E-state index in [0.29, 0.717) is 10.0 Å². The third-order valence-electron chi connectivity index (χ3n) is 1.68. The molecule has 1 amide bonds. The van der Waals surface area contributed by atoms with E-state index >= 15 is 0 Å². The molecule has 0 saturated carbocycles. The molecule has 0 bridgehead atoms. The number of nitrogens with one attached hydrogen (secondary N) is 2. The molecule has 1 rings (SSSR count). The number of halogens is 1. The van der Waals surface area contributed by atoms with Crippen molar-refractivity contribution in [3.05, 3.63) is 32.7 Å². The summed E-state index contributed by atoms with van der Waals surface area (Å²) in [5.41, 5.74) is 0.0456. The zero-order valence-electron chi connectivity index (χ0n) is 8.08. The molecule has 3 N–H and O–H groups in total. The van der Waals surface area contributed by atoms with Gasteiger partial charge in [-0.1, -0.05) is 0 Å². The van der Waals surface area contributed by atoms with Gasteiger partial charge in [0.1, 0.15) is 0 Å². The van der Waals surface area contributed by atoms with E-state index in [2.05, 4.69) is 26.2 Å². The largest absolute Gasteiger partial charge is 0.392 e. The van der Waals surface area contributed by atoms with Crippen LogP contribution in [0.4, 0.5) is 0 Å². The molecule has 0 spiro atoms. The lowest BCUT2D eigenvalue weighted by Crippen LogP contribution is -2.31. The lowest BCUT2D eigenvalue weighted by atomic mass is 10.2. The molecule has 1 aromatic heterocycles. The average Bonchev–Trinajstić information content (AvgIpc) is 2.18. The molecule has 0 aliphatic rings. The summed E-state index contributed by atoms with van der Waals surface area (Å²) in [5, 5.41) is 11.5. The van der Waals surface area contributed by atoms with Crippen molar-refractivity contribution in [2.24, 2.45) is 0 Å². The first kappa shape index (κ1) is 11.9. The number of pyridine rings is 1. The minimum Gasteiger partial charge on any atom is -0.392 e. The van der Waals surface area contributed by atoms with Crippen LogP contribution in [0.2, 0.25) is 0 Å². The smallest absolute Gasteiger partial charge is 0.262 e.